The van der Waals surface area contributed by atoms with E-state index in [1.807, 2.05) is 0 Å². The van der Waals surface area contributed by atoms with Gasteiger partial charge in [0.2, 0.25) is 0 Å². The summed E-state index contributed by atoms with van der Waals surface area (Å²) in [7, 11) is 0. The standard InChI is InChI=1S/C13H20IN3O/c1-8(2)12-11(14)13(15)17-10(16-12)7-9-5-3-4-6-18-9/h8-9H,3-7H2,1-2H3,(H2,15,16,17). The fraction of sp³-hybridized carbons (Fsp3) is 0.692. The SMILES string of the molecule is CC(C)c1nc(CC2CCCCO2)nc(N)c1I. The third kappa shape index (κ3) is 3.32. The molecule has 18 heavy (non-hydrogen) atoms. The average Bonchev–Trinajstić information content (AvgIpc) is 2.34. The molecule has 1 fully saturated rings. The van der Waals surface area contributed by atoms with Crippen LogP contribution in [-0.4, -0.2) is 22.7 Å². The monoisotopic (exact) mass is 361 g/mol. The van der Waals surface area contributed by atoms with Gasteiger partial charge in [0.05, 0.1) is 15.4 Å². The molecule has 0 amide bonds. The van der Waals surface area contributed by atoms with Crippen molar-refractivity contribution in [3.63, 3.8) is 0 Å². The van der Waals surface area contributed by atoms with Crippen LogP contribution in [0, 0.1) is 3.57 Å². The molecule has 0 saturated carbocycles. The molecular weight excluding hydrogens is 341 g/mol. The maximum absolute atomic E-state index is 5.96. The molecule has 2 heterocycles. The molecule has 1 aromatic heterocycles. The van der Waals surface area contributed by atoms with Crippen molar-refractivity contribution in [3.8, 4) is 0 Å². The van der Waals surface area contributed by atoms with Crippen LogP contribution in [0.5, 0.6) is 0 Å². The van der Waals surface area contributed by atoms with Crippen LogP contribution in [0.25, 0.3) is 0 Å². The fourth-order valence-electron chi connectivity index (χ4n) is 2.18. The van der Waals surface area contributed by atoms with E-state index in [0.29, 0.717) is 11.7 Å². The smallest absolute Gasteiger partial charge is 0.140 e. The number of aromatic nitrogens is 2. The lowest BCUT2D eigenvalue weighted by Crippen LogP contribution is -2.23. The highest BCUT2D eigenvalue weighted by atomic mass is 127. The first-order valence-electron chi connectivity index (χ1n) is 6.51. The van der Waals surface area contributed by atoms with E-state index < -0.39 is 0 Å². The van der Waals surface area contributed by atoms with Gasteiger partial charge in [-0.15, -0.1) is 0 Å². The van der Waals surface area contributed by atoms with Crippen LogP contribution < -0.4 is 5.73 Å². The molecule has 0 aliphatic carbocycles. The summed E-state index contributed by atoms with van der Waals surface area (Å²) in [5.74, 6) is 1.79. The quantitative estimate of drug-likeness (QED) is 0.841. The molecule has 0 spiro atoms. The lowest BCUT2D eigenvalue weighted by atomic mass is 10.1. The predicted octanol–water partition coefficient (Wildman–Crippen LogP) is 2.90. The molecule has 1 aromatic rings. The van der Waals surface area contributed by atoms with Crippen molar-refractivity contribution in [2.24, 2.45) is 0 Å². The van der Waals surface area contributed by atoms with Gasteiger partial charge in [0.25, 0.3) is 0 Å². The van der Waals surface area contributed by atoms with Crippen LogP contribution in [0.1, 0.15) is 50.5 Å². The summed E-state index contributed by atoms with van der Waals surface area (Å²) in [5, 5.41) is 0. The van der Waals surface area contributed by atoms with Gasteiger partial charge in [0.1, 0.15) is 11.6 Å². The summed E-state index contributed by atoms with van der Waals surface area (Å²) < 4.78 is 6.71. The Balaban J connectivity index is 2.17. The number of anilines is 1. The van der Waals surface area contributed by atoms with E-state index in [4.69, 9.17) is 10.5 Å². The molecule has 0 aromatic carbocycles. The number of hydrogen-bond donors (Lipinski definition) is 1. The minimum Gasteiger partial charge on any atom is -0.383 e. The van der Waals surface area contributed by atoms with Crippen LogP contribution in [-0.2, 0) is 11.2 Å². The summed E-state index contributed by atoms with van der Waals surface area (Å²) in [6.45, 7) is 5.12. The van der Waals surface area contributed by atoms with Crippen LogP contribution in [0.4, 0.5) is 5.82 Å². The fourth-order valence-corrected chi connectivity index (χ4v) is 3.04. The van der Waals surface area contributed by atoms with E-state index in [1.54, 1.807) is 0 Å². The number of hydrogen-bond acceptors (Lipinski definition) is 4. The van der Waals surface area contributed by atoms with Crippen molar-refractivity contribution < 1.29 is 4.74 Å². The van der Waals surface area contributed by atoms with Crippen molar-refractivity contribution in [2.75, 3.05) is 12.3 Å². The molecule has 0 radical (unpaired) electrons. The van der Waals surface area contributed by atoms with Gasteiger partial charge >= 0.3 is 0 Å². The molecule has 1 aliphatic rings. The van der Waals surface area contributed by atoms with Gasteiger partial charge in [-0.05, 0) is 47.8 Å². The van der Waals surface area contributed by atoms with Gasteiger partial charge in [-0.1, -0.05) is 13.8 Å². The maximum atomic E-state index is 5.96. The van der Waals surface area contributed by atoms with Gasteiger partial charge in [-0.3, -0.25) is 0 Å². The Labute approximate surface area is 122 Å². The van der Waals surface area contributed by atoms with Crippen molar-refractivity contribution in [1.29, 1.82) is 0 Å². The molecule has 2 N–H and O–H groups in total. The first-order valence-corrected chi connectivity index (χ1v) is 7.59. The second-order valence-electron chi connectivity index (χ2n) is 5.07. The summed E-state index contributed by atoms with van der Waals surface area (Å²) in [6.07, 6.45) is 4.55. The van der Waals surface area contributed by atoms with Crippen molar-refractivity contribution >= 4 is 28.4 Å². The minimum absolute atomic E-state index is 0.262. The number of nitrogens with zero attached hydrogens (tertiary/aromatic N) is 2. The van der Waals surface area contributed by atoms with Gasteiger partial charge < -0.3 is 10.5 Å². The molecule has 1 unspecified atom stereocenters. The van der Waals surface area contributed by atoms with Gasteiger partial charge in [0.15, 0.2) is 0 Å². The van der Waals surface area contributed by atoms with Crippen LogP contribution >= 0.6 is 22.6 Å². The maximum Gasteiger partial charge on any atom is 0.140 e. The highest BCUT2D eigenvalue weighted by molar-refractivity contribution is 14.1. The normalized spacial score (nSPS) is 20.3. The van der Waals surface area contributed by atoms with Crippen LogP contribution in [0.2, 0.25) is 0 Å². The first kappa shape index (κ1) is 14.0. The first-order chi connectivity index (χ1) is 8.58. The molecule has 1 atom stereocenters. The number of halogens is 1. The Morgan fingerprint density at radius 1 is 1.39 bits per heavy atom. The lowest BCUT2D eigenvalue weighted by molar-refractivity contribution is 0.0156. The third-order valence-electron chi connectivity index (χ3n) is 3.18. The summed E-state index contributed by atoms with van der Waals surface area (Å²) in [5.41, 5.74) is 7.01. The Hall–Kier alpha value is -0.430. The zero-order valence-electron chi connectivity index (χ0n) is 10.9. The minimum atomic E-state index is 0.262. The van der Waals surface area contributed by atoms with Gasteiger partial charge in [-0.25, -0.2) is 9.97 Å². The molecule has 4 nitrogen and oxygen atoms in total. The Morgan fingerprint density at radius 2 is 2.17 bits per heavy atom. The van der Waals surface area contributed by atoms with Gasteiger partial charge in [-0.2, -0.15) is 0 Å². The molecule has 1 saturated heterocycles. The van der Waals surface area contributed by atoms with E-state index in [0.717, 1.165) is 34.5 Å². The number of ether oxygens (including phenoxy) is 1. The zero-order valence-corrected chi connectivity index (χ0v) is 13.1. The Kier molecular flexibility index (Phi) is 4.77. The summed E-state index contributed by atoms with van der Waals surface area (Å²) in [6, 6.07) is 0. The third-order valence-corrected chi connectivity index (χ3v) is 4.29. The van der Waals surface area contributed by atoms with E-state index in [9.17, 15) is 0 Å². The Bertz CT molecular complexity index is 417. The van der Waals surface area contributed by atoms with E-state index >= 15 is 0 Å². The molecular formula is C13H20IN3O. The number of nitrogen functional groups attached to an aromatic ring is 1. The lowest BCUT2D eigenvalue weighted by Gasteiger charge is -2.22. The number of rotatable bonds is 3. The van der Waals surface area contributed by atoms with E-state index in [-0.39, 0.29) is 6.10 Å². The van der Waals surface area contributed by atoms with E-state index in [2.05, 4.69) is 46.4 Å². The molecule has 0 bridgehead atoms. The average molecular weight is 361 g/mol. The predicted molar refractivity (Wildman–Crippen MR) is 80.5 cm³/mol. The van der Waals surface area contributed by atoms with Crippen molar-refractivity contribution in [2.45, 2.75) is 51.6 Å². The number of nitrogens with two attached hydrogens (primary N) is 1. The van der Waals surface area contributed by atoms with Gasteiger partial charge in [0, 0.05) is 13.0 Å². The zero-order chi connectivity index (χ0) is 13.1. The summed E-state index contributed by atoms with van der Waals surface area (Å²) in [4.78, 5) is 9.04. The highest BCUT2D eigenvalue weighted by Crippen LogP contribution is 2.24. The second kappa shape index (κ2) is 6.14. The molecule has 100 valence electrons. The largest absolute Gasteiger partial charge is 0.383 e. The molecule has 2 rings (SSSR count). The highest BCUT2D eigenvalue weighted by Gasteiger charge is 2.18. The topological polar surface area (TPSA) is 61.0 Å². The van der Waals surface area contributed by atoms with Crippen LogP contribution in [0.3, 0.4) is 0 Å². The molecule has 5 heteroatoms. The second-order valence-corrected chi connectivity index (χ2v) is 6.15. The Morgan fingerprint density at radius 3 is 2.78 bits per heavy atom. The molecule has 1 aliphatic heterocycles. The van der Waals surface area contributed by atoms with E-state index in [1.165, 1.54) is 12.8 Å². The van der Waals surface area contributed by atoms with Crippen molar-refractivity contribution in [3.05, 3.63) is 15.1 Å². The van der Waals surface area contributed by atoms with Crippen molar-refractivity contribution in [1.82, 2.24) is 9.97 Å². The summed E-state index contributed by atoms with van der Waals surface area (Å²) >= 11 is 2.23. The van der Waals surface area contributed by atoms with Crippen LogP contribution in [0.15, 0.2) is 0 Å².